The third-order valence-corrected chi connectivity index (χ3v) is 4.80. The minimum atomic E-state index is -0.265. The van der Waals surface area contributed by atoms with Gasteiger partial charge in [-0.15, -0.1) is 5.10 Å². The van der Waals surface area contributed by atoms with Gasteiger partial charge in [-0.1, -0.05) is 46.8 Å². The normalized spacial score (nSPS) is 12.8. The molecule has 0 saturated heterocycles. The monoisotopic (exact) mass is 397 g/mol. The number of ether oxygens (including phenoxy) is 1. The summed E-state index contributed by atoms with van der Waals surface area (Å²) in [5, 5.41) is 16.7. The van der Waals surface area contributed by atoms with Gasteiger partial charge in [0.25, 0.3) is 0 Å². The maximum absolute atomic E-state index is 11.3. The van der Waals surface area contributed by atoms with Crippen molar-refractivity contribution < 1.29 is 14.6 Å². The Morgan fingerprint density at radius 1 is 1.25 bits per heavy atom. The Balaban J connectivity index is 0.000000887. The number of carbonyl (C=O) groups excluding carboxylic acids is 1. The van der Waals surface area contributed by atoms with E-state index in [1.165, 1.54) is 0 Å². The van der Waals surface area contributed by atoms with Gasteiger partial charge in [-0.2, -0.15) is 0 Å². The Kier molecular flexibility index (Phi) is 13.2. The predicted molar refractivity (Wildman–Crippen MR) is 114 cm³/mol. The van der Waals surface area contributed by atoms with Gasteiger partial charge in [0.05, 0.1) is 17.8 Å². The molecule has 1 N–H and O–H groups in total. The highest BCUT2D eigenvalue weighted by Gasteiger charge is 2.20. The first-order chi connectivity index (χ1) is 13.0. The van der Waals surface area contributed by atoms with E-state index in [0.29, 0.717) is 50.2 Å². The van der Waals surface area contributed by atoms with Crippen molar-refractivity contribution in [3.8, 4) is 0 Å². The fourth-order valence-corrected chi connectivity index (χ4v) is 2.19. The quantitative estimate of drug-likeness (QED) is 0.569. The molecule has 0 bridgehead atoms. The number of rotatable bonds is 12. The van der Waals surface area contributed by atoms with Gasteiger partial charge < -0.3 is 9.84 Å². The lowest BCUT2D eigenvalue weighted by molar-refractivity contribution is -0.118. The zero-order valence-corrected chi connectivity index (χ0v) is 19.4. The number of aliphatic hydroxyl groups is 1. The van der Waals surface area contributed by atoms with Crippen LogP contribution in [0.1, 0.15) is 80.3 Å². The lowest BCUT2D eigenvalue weighted by Crippen LogP contribution is -2.31. The Hall–Kier alpha value is -1.27. The van der Waals surface area contributed by atoms with Gasteiger partial charge in [-0.3, -0.25) is 4.79 Å². The topological polar surface area (TPSA) is 77.2 Å². The van der Waals surface area contributed by atoms with Crippen LogP contribution in [-0.4, -0.2) is 44.7 Å². The minimum absolute atomic E-state index is 0.265. The Morgan fingerprint density at radius 2 is 1.89 bits per heavy atom. The molecule has 1 rings (SSSR count). The summed E-state index contributed by atoms with van der Waals surface area (Å²) in [6, 6.07) is 0. The second kappa shape index (κ2) is 13.8. The summed E-state index contributed by atoms with van der Waals surface area (Å²) in [6.45, 7) is 18.4. The number of hydrogen-bond donors (Lipinski definition) is 1. The molecule has 0 aliphatic rings. The number of nitrogens with zero attached hydrogens (tertiary/aromatic N) is 3. The molecule has 0 amide bonds. The summed E-state index contributed by atoms with van der Waals surface area (Å²) in [6.07, 6.45) is 4.78. The average Bonchev–Trinajstić information content (AvgIpc) is 3.05. The van der Waals surface area contributed by atoms with Crippen molar-refractivity contribution in [2.75, 3.05) is 13.2 Å². The second-order valence-electron chi connectivity index (χ2n) is 8.99. The van der Waals surface area contributed by atoms with Crippen LogP contribution in [0.3, 0.4) is 0 Å². The Morgan fingerprint density at radius 3 is 2.36 bits per heavy atom. The van der Waals surface area contributed by atoms with E-state index in [4.69, 9.17) is 9.84 Å². The summed E-state index contributed by atoms with van der Waals surface area (Å²) in [4.78, 5) is 11.3. The van der Waals surface area contributed by atoms with Crippen molar-refractivity contribution in [2.45, 2.75) is 93.2 Å². The van der Waals surface area contributed by atoms with Crippen LogP contribution in [0, 0.1) is 17.8 Å². The minimum Gasteiger partial charge on any atom is -0.396 e. The first-order valence-electron chi connectivity index (χ1n) is 10.7. The number of Topliss-reactive ketones (excluding diaryl/α,β-unsaturated/α-hetero) is 1. The van der Waals surface area contributed by atoms with E-state index in [1.54, 1.807) is 4.68 Å². The van der Waals surface area contributed by atoms with Crippen molar-refractivity contribution in [3.63, 3.8) is 0 Å². The molecule has 6 heteroatoms. The Labute approximate surface area is 172 Å². The SMILES string of the molecule is CC(C)C(C)CO.CCC(=O)CCc1cn(CC(C)(C)OCCC(C)C)nn1. The van der Waals surface area contributed by atoms with Crippen LogP contribution in [0.5, 0.6) is 0 Å². The maximum Gasteiger partial charge on any atom is 0.133 e. The third-order valence-electron chi connectivity index (χ3n) is 4.80. The number of hydrogen-bond acceptors (Lipinski definition) is 5. The number of aromatic nitrogens is 3. The van der Waals surface area contributed by atoms with Crippen LogP contribution in [0.4, 0.5) is 0 Å². The largest absolute Gasteiger partial charge is 0.396 e. The number of aliphatic hydroxyl groups excluding tert-OH is 1. The molecule has 0 saturated carbocycles. The molecule has 0 aliphatic carbocycles. The lowest BCUT2D eigenvalue weighted by atomic mass is 10.00. The average molecular weight is 398 g/mol. The number of carbonyl (C=O) groups is 1. The fraction of sp³-hybridized carbons (Fsp3) is 0.864. The van der Waals surface area contributed by atoms with E-state index in [2.05, 4.69) is 51.9 Å². The molecule has 1 aromatic heterocycles. The second-order valence-corrected chi connectivity index (χ2v) is 8.99. The molecule has 1 unspecified atom stereocenters. The molecule has 0 fully saturated rings. The fourth-order valence-electron chi connectivity index (χ4n) is 2.19. The molecular weight excluding hydrogens is 354 g/mol. The van der Waals surface area contributed by atoms with Crippen molar-refractivity contribution in [3.05, 3.63) is 11.9 Å². The summed E-state index contributed by atoms with van der Waals surface area (Å²) >= 11 is 0. The van der Waals surface area contributed by atoms with Crippen LogP contribution in [0.25, 0.3) is 0 Å². The highest BCUT2D eigenvalue weighted by atomic mass is 16.5. The van der Waals surface area contributed by atoms with Gasteiger partial charge in [0.1, 0.15) is 5.78 Å². The van der Waals surface area contributed by atoms with Gasteiger partial charge in [-0.05, 0) is 44.4 Å². The highest BCUT2D eigenvalue weighted by molar-refractivity contribution is 5.78. The van der Waals surface area contributed by atoms with Gasteiger partial charge in [0.15, 0.2) is 0 Å². The smallest absolute Gasteiger partial charge is 0.133 e. The van der Waals surface area contributed by atoms with Gasteiger partial charge in [0, 0.05) is 32.3 Å². The van der Waals surface area contributed by atoms with Crippen LogP contribution < -0.4 is 0 Å². The maximum atomic E-state index is 11.3. The summed E-state index contributed by atoms with van der Waals surface area (Å²) in [5.41, 5.74) is 0.605. The number of ketones is 1. The van der Waals surface area contributed by atoms with E-state index in [9.17, 15) is 4.79 Å². The molecule has 1 aromatic rings. The molecule has 1 atom stereocenters. The molecule has 0 aromatic carbocycles. The zero-order valence-electron chi connectivity index (χ0n) is 19.4. The highest BCUT2D eigenvalue weighted by Crippen LogP contribution is 2.14. The van der Waals surface area contributed by atoms with Crippen molar-refractivity contribution in [1.29, 1.82) is 0 Å². The summed E-state index contributed by atoms with van der Waals surface area (Å²) in [5.74, 6) is 1.99. The zero-order chi connectivity index (χ0) is 21.7. The molecule has 0 aliphatic heterocycles. The van der Waals surface area contributed by atoms with Crippen molar-refractivity contribution in [2.24, 2.45) is 17.8 Å². The first-order valence-corrected chi connectivity index (χ1v) is 10.7. The standard InChI is InChI=1S/C16H29N3O2.C6H14O/c1-6-15(20)8-7-14-11-19(18-17-14)12-16(4,5)21-10-9-13(2)3;1-5(2)6(3)4-7/h11,13H,6-10,12H2,1-5H3;5-7H,4H2,1-3H3. The summed E-state index contributed by atoms with van der Waals surface area (Å²) < 4.78 is 7.73. The van der Waals surface area contributed by atoms with Crippen LogP contribution in [-0.2, 0) is 22.5 Å². The molecule has 6 nitrogen and oxygen atoms in total. The van der Waals surface area contributed by atoms with E-state index >= 15 is 0 Å². The van der Waals surface area contributed by atoms with Crippen LogP contribution >= 0.6 is 0 Å². The van der Waals surface area contributed by atoms with Crippen LogP contribution in [0.2, 0.25) is 0 Å². The summed E-state index contributed by atoms with van der Waals surface area (Å²) in [7, 11) is 0. The molecule has 164 valence electrons. The van der Waals surface area contributed by atoms with E-state index in [0.717, 1.165) is 18.7 Å². The van der Waals surface area contributed by atoms with E-state index < -0.39 is 0 Å². The third kappa shape index (κ3) is 13.0. The molecule has 0 radical (unpaired) electrons. The predicted octanol–water partition coefficient (Wildman–Crippen LogP) is 4.30. The lowest BCUT2D eigenvalue weighted by Gasteiger charge is -2.25. The molecule has 0 spiro atoms. The van der Waals surface area contributed by atoms with Gasteiger partial charge in [-0.25, -0.2) is 4.68 Å². The molecular formula is C22H43N3O3. The number of aryl methyl sites for hydroxylation is 1. The van der Waals surface area contributed by atoms with Gasteiger partial charge in [0.2, 0.25) is 0 Å². The van der Waals surface area contributed by atoms with Crippen molar-refractivity contribution >= 4 is 5.78 Å². The van der Waals surface area contributed by atoms with Gasteiger partial charge >= 0.3 is 0 Å². The Bertz CT molecular complexity index is 539. The van der Waals surface area contributed by atoms with Crippen molar-refractivity contribution in [1.82, 2.24) is 15.0 Å². The first kappa shape index (κ1) is 26.7. The molecule has 1 heterocycles. The molecule has 28 heavy (non-hydrogen) atoms. The van der Waals surface area contributed by atoms with E-state index in [1.807, 2.05) is 20.0 Å². The van der Waals surface area contributed by atoms with E-state index in [-0.39, 0.29) is 11.4 Å². The van der Waals surface area contributed by atoms with Crippen LogP contribution in [0.15, 0.2) is 6.20 Å².